The van der Waals surface area contributed by atoms with Gasteiger partial charge in [0, 0.05) is 34.1 Å². The second-order valence-electron chi connectivity index (χ2n) is 23.0. The van der Waals surface area contributed by atoms with Crippen molar-refractivity contribution in [3.63, 3.8) is 0 Å². The molecular formula is C63H90N4O3SSi2. The summed E-state index contributed by atoms with van der Waals surface area (Å²) in [4.78, 5) is 4.86. The predicted octanol–water partition coefficient (Wildman–Crippen LogP) is 18.0. The van der Waals surface area contributed by atoms with Crippen LogP contribution in [0.25, 0.3) is 18.2 Å². The first-order valence-electron chi connectivity index (χ1n) is 27.4. The monoisotopic (exact) mass is 1040 g/mol. The Labute approximate surface area is 449 Å². The van der Waals surface area contributed by atoms with Gasteiger partial charge in [0.05, 0.1) is 13.2 Å². The Morgan fingerprint density at radius 2 is 1.15 bits per heavy atom. The molecule has 3 aromatic rings. The average molecular weight is 1040 g/mol. The molecule has 0 radical (unpaired) electrons. The van der Waals surface area contributed by atoms with Gasteiger partial charge in [-0.05, 0) is 134 Å². The maximum atomic E-state index is 10.7. The number of hydrogen-bond donors (Lipinski definition) is 0. The number of aryl methyl sites for hydroxylation is 1. The van der Waals surface area contributed by atoms with Crippen LogP contribution in [-0.4, -0.2) is 42.9 Å². The summed E-state index contributed by atoms with van der Waals surface area (Å²) >= 11 is 1.81. The van der Waals surface area contributed by atoms with E-state index in [9.17, 15) is 15.8 Å². The van der Waals surface area contributed by atoms with Gasteiger partial charge in [0.25, 0.3) is 0 Å². The lowest BCUT2D eigenvalue weighted by atomic mass is 9.85. The van der Waals surface area contributed by atoms with E-state index in [1.807, 2.05) is 25.1 Å². The van der Waals surface area contributed by atoms with Crippen LogP contribution in [0.15, 0.2) is 89.2 Å². The first-order chi connectivity index (χ1) is 34.6. The number of thiophene rings is 1. The quantitative estimate of drug-likeness (QED) is 0.0309. The zero-order valence-electron chi connectivity index (χ0n) is 47.5. The maximum Gasteiger partial charge on any atom is 0.192 e. The van der Waals surface area contributed by atoms with Crippen molar-refractivity contribution in [3.05, 3.63) is 127 Å². The van der Waals surface area contributed by atoms with Gasteiger partial charge in [-0.25, -0.2) is 0 Å². The summed E-state index contributed by atoms with van der Waals surface area (Å²) in [6.45, 7) is 34.7. The molecule has 1 aromatic heterocycles. The molecule has 1 unspecified atom stereocenters. The Morgan fingerprint density at radius 1 is 0.644 bits per heavy atom. The van der Waals surface area contributed by atoms with Crippen LogP contribution in [0.2, 0.25) is 36.3 Å². The molecule has 0 amide bonds. The number of ether oxygens (including phenoxy) is 1. The number of nitriles is 3. The SMILES string of the molecule is CCCCCCc1c(/C=C/C=C/c2ccc(N(CCO[Si](C)(C)C(C)(C)C)CCO[Si](C)(C)C(C)(C)C)cc2)sc(/C=C/C2=C(C#N)C(=C(C#N)C#N)OC2(C)c2ccc(CCCC)cc2)c1CCCCCC. The Balaban J connectivity index is 1.72. The second-order valence-corrected chi connectivity index (χ2v) is 33.7. The van der Waals surface area contributed by atoms with Gasteiger partial charge in [-0.3, -0.25) is 0 Å². The van der Waals surface area contributed by atoms with Crippen molar-refractivity contribution >= 4 is 51.9 Å². The van der Waals surface area contributed by atoms with Gasteiger partial charge in [0.1, 0.15) is 23.8 Å². The van der Waals surface area contributed by atoms with Crippen molar-refractivity contribution in [3.8, 4) is 18.2 Å². The van der Waals surface area contributed by atoms with Crippen LogP contribution in [0, 0.1) is 34.0 Å². The molecule has 10 heteroatoms. The number of hydrogen-bond acceptors (Lipinski definition) is 8. The van der Waals surface area contributed by atoms with Crippen LogP contribution < -0.4 is 4.90 Å². The summed E-state index contributed by atoms with van der Waals surface area (Å²) in [6, 6.07) is 23.6. The van der Waals surface area contributed by atoms with Crippen LogP contribution >= 0.6 is 11.3 Å². The number of allylic oxidation sites excluding steroid dienone is 4. The molecule has 2 aromatic carbocycles. The normalized spacial score (nSPS) is 15.6. The van der Waals surface area contributed by atoms with E-state index in [2.05, 4.69) is 178 Å². The highest BCUT2D eigenvalue weighted by Gasteiger charge is 2.44. The second kappa shape index (κ2) is 28.2. The Hall–Kier alpha value is -4.74. The Bertz CT molecular complexity index is 2480. The highest BCUT2D eigenvalue weighted by atomic mass is 32.1. The van der Waals surface area contributed by atoms with E-state index in [0.717, 1.165) is 69.2 Å². The molecule has 0 saturated carbocycles. The summed E-state index contributed by atoms with van der Waals surface area (Å²) in [7, 11) is -3.77. The highest BCUT2D eigenvalue weighted by molar-refractivity contribution is 7.14. The standard InChI is InChI=1S/C63H90N4O3SSi2/c1-15-18-21-23-29-54-55(30-24-22-19-16-2)59(41-40-57-56(48-66)60(51(46-64)47-65)70-63(57,10)52-36-32-49(33-37-52)27-20-17-3)71-58(54)31-26-25-28-50-34-38-53(39-35-50)67(42-44-68-72(11,12)61(4,5)6)43-45-69-73(13,14)62(7,8)9/h25-26,28,31-41H,15-24,27,29-30,42-45H2,1-14H3/b28-25+,31-26+,41-40+. The van der Waals surface area contributed by atoms with Crippen molar-refractivity contribution in [2.45, 2.75) is 195 Å². The fourth-order valence-electron chi connectivity index (χ4n) is 8.62. The Morgan fingerprint density at radius 3 is 1.63 bits per heavy atom. The summed E-state index contributed by atoms with van der Waals surface area (Å²) < 4.78 is 19.9. The van der Waals surface area contributed by atoms with Crippen LogP contribution in [0.1, 0.15) is 171 Å². The first kappa shape index (κ1) is 60.8. The smallest absolute Gasteiger partial charge is 0.192 e. The highest BCUT2D eigenvalue weighted by Crippen LogP contribution is 2.48. The molecule has 73 heavy (non-hydrogen) atoms. The minimum Gasteiger partial charge on any atom is -0.474 e. The van der Waals surface area contributed by atoms with Crippen molar-refractivity contribution in [2.24, 2.45) is 0 Å². The number of nitrogens with zero attached hydrogens (tertiary/aromatic N) is 4. The molecule has 1 atom stereocenters. The zero-order chi connectivity index (χ0) is 53.9. The lowest BCUT2D eigenvalue weighted by Crippen LogP contribution is -2.44. The van der Waals surface area contributed by atoms with Gasteiger partial charge in [-0.1, -0.05) is 168 Å². The number of anilines is 1. The summed E-state index contributed by atoms with van der Waals surface area (Å²) in [5.41, 5.74) is 6.82. The largest absolute Gasteiger partial charge is 0.474 e. The molecule has 7 nitrogen and oxygen atoms in total. The molecule has 2 heterocycles. The van der Waals surface area contributed by atoms with Crippen molar-refractivity contribution in [2.75, 3.05) is 31.2 Å². The van der Waals surface area contributed by atoms with E-state index < -0.39 is 22.2 Å². The fourth-order valence-corrected chi connectivity index (χ4v) is 11.9. The Kier molecular flexibility index (Phi) is 23.5. The molecule has 0 bridgehead atoms. The van der Waals surface area contributed by atoms with Gasteiger partial charge in [-0.15, -0.1) is 11.3 Å². The molecule has 394 valence electrons. The molecule has 4 rings (SSSR count). The van der Waals surface area contributed by atoms with Crippen LogP contribution in [-0.2, 0) is 38.5 Å². The third-order valence-electron chi connectivity index (χ3n) is 15.5. The predicted molar refractivity (Wildman–Crippen MR) is 316 cm³/mol. The van der Waals surface area contributed by atoms with Crippen molar-refractivity contribution < 1.29 is 13.6 Å². The van der Waals surface area contributed by atoms with Gasteiger partial charge in [0.2, 0.25) is 0 Å². The average Bonchev–Trinajstić information content (AvgIpc) is 3.83. The first-order valence-corrected chi connectivity index (χ1v) is 34.0. The molecule has 0 aliphatic carbocycles. The lowest BCUT2D eigenvalue weighted by molar-refractivity contribution is 0.0755. The zero-order valence-corrected chi connectivity index (χ0v) is 50.3. The van der Waals surface area contributed by atoms with E-state index in [0.29, 0.717) is 18.8 Å². The summed E-state index contributed by atoms with van der Waals surface area (Å²) in [6.07, 6.45) is 27.5. The van der Waals surface area contributed by atoms with E-state index in [-0.39, 0.29) is 27.0 Å². The van der Waals surface area contributed by atoms with Gasteiger partial charge >= 0.3 is 0 Å². The van der Waals surface area contributed by atoms with E-state index in [4.69, 9.17) is 13.6 Å². The molecule has 0 spiro atoms. The third-order valence-corrected chi connectivity index (χ3v) is 25.8. The van der Waals surface area contributed by atoms with Crippen molar-refractivity contribution in [1.29, 1.82) is 15.8 Å². The molecule has 1 aliphatic rings. The lowest BCUT2D eigenvalue weighted by Gasteiger charge is -2.38. The van der Waals surface area contributed by atoms with Gasteiger partial charge < -0.3 is 18.5 Å². The summed E-state index contributed by atoms with van der Waals surface area (Å²) in [5.74, 6) is 0.0491. The molecule has 0 saturated heterocycles. The molecular weight excluding hydrogens is 949 g/mol. The van der Waals surface area contributed by atoms with Crippen LogP contribution in [0.5, 0.6) is 0 Å². The number of unbranched alkanes of at least 4 members (excludes halogenated alkanes) is 7. The van der Waals surface area contributed by atoms with Crippen LogP contribution in [0.3, 0.4) is 0 Å². The number of benzene rings is 2. The van der Waals surface area contributed by atoms with E-state index >= 15 is 0 Å². The topological polar surface area (TPSA) is 102 Å². The third kappa shape index (κ3) is 16.9. The van der Waals surface area contributed by atoms with Crippen LogP contribution in [0.4, 0.5) is 5.69 Å². The van der Waals surface area contributed by atoms with E-state index in [1.54, 1.807) is 11.3 Å². The fraction of sp³-hybridized carbons (Fsp3) is 0.540. The maximum absolute atomic E-state index is 10.7. The summed E-state index contributed by atoms with van der Waals surface area (Å²) in [5, 5.41) is 31.0. The molecule has 1 aliphatic heterocycles. The van der Waals surface area contributed by atoms with E-state index in [1.165, 1.54) is 70.7 Å². The molecule has 0 fully saturated rings. The molecule has 0 N–H and O–H groups in total. The van der Waals surface area contributed by atoms with Gasteiger partial charge in [0.15, 0.2) is 33.6 Å². The minimum atomic E-state index is -1.89. The minimum absolute atomic E-state index is 0.0491. The van der Waals surface area contributed by atoms with Gasteiger partial charge in [-0.2, -0.15) is 15.8 Å². The van der Waals surface area contributed by atoms with Crippen molar-refractivity contribution in [1.82, 2.24) is 0 Å². The number of rotatable bonds is 28.